The number of hydrogen-bond acceptors (Lipinski definition) is 2. The summed E-state index contributed by atoms with van der Waals surface area (Å²) in [6.45, 7) is 2.17. The Bertz CT molecular complexity index is 264. The molecule has 1 amide bonds. The molecule has 94 valence electrons. The molecule has 0 atom stereocenters. The molecule has 1 fully saturated rings. The molecule has 1 N–H and O–H groups in total. The van der Waals surface area contributed by atoms with Gasteiger partial charge in [0.1, 0.15) is 0 Å². The molecule has 0 unspecified atom stereocenters. The van der Waals surface area contributed by atoms with Crippen molar-refractivity contribution in [1.82, 2.24) is 5.32 Å². The number of amides is 1. The summed E-state index contributed by atoms with van der Waals surface area (Å²) in [7, 11) is 0. The molecule has 0 aromatic carbocycles. The quantitative estimate of drug-likeness (QED) is 0.764. The molecule has 7 heteroatoms. The van der Waals surface area contributed by atoms with E-state index in [1.165, 1.54) is 6.92 Å². The van der Waals surface area contributed by atoms with Crippen molar-refractivity contribution < 1.29 is 27.1 Å². The van der Waals surface area contributed by atoms with Crippen LogP contribution >= 0.6 is 0 Å². The lowest BCUT2D eigenvalue weighted by molar-refractivity contribution is -0.172. The van der Waals surface area contributed by atoms with E-state index in [4.69, 9.17) is 4.74 Å². The van der Waals surface area contributed by atoms with Gasteiger partial charge in [-0.3, -0.25) is 4.79 Å². The first-order valence-corrected chi connectivity index (χ1v) is 4.84. The molecule has 0 bridgehead atoms. The van der Waals surface area contributed by atoms with E-state index in [0.717, 1.165) is 0 Å². The Labute approximate surface area is 90.1 Å². The van der Waals surface area contributed by atoms with Gasteiger partial charge in [-0.25, -0.2) is 8.78 Å². The monoisotopic (exact) mass is 243 g/mol. The molecule has 16 heavy (non-hydrogen) atoms. The molecule has 1 heterocycles. The van der Waals surface area contributed by atoms with Crippen LogP contribution in [0, 0.1) is 0 Å². The summed E-state index contributed by atoms with van der Waals surface area (Å²) in [4.78, 5) is 11.0. The van der Waals surface area contributed by atoms with E-state index in [1.807, 2.05) is 5.32 Å². The molecule has 0 saturated carbocycles. The summed E-state index contributed by atoms with van der Waals surface area (Å²) in [5.41, 5.74) is -0.895. The second-order valence-corrected chi connectivity index (χ2v) is 4.05. The van der Waals surface area contributed by atoms with Crippen molar-refractivity contribution >= 4 is 5.91 Å². The Morgan fingerprint density at radius 3 is 2.31 bits per heavy atom. The van der Waals surface area contributed by atoms with Crippen LogP contribution < -0.4 is 5.32 Å². The van der Waals surface area contributed by atoms with Crippen LogP contribution in [-0.2, 0) is 9.53 Å². The van der Waals surface area contributed by atoms with Crippen molar-refractivity contribution in [3.63, 3.8) is 0 Å². The molecule has 0 radical (unpaired) electrons. The lowest BCUT2D eigenvalue weighted by Crippen LogP contribution is -2.56. The van der Waals surface area contributed by atoms with E-state index in [1.54, 1.807) is 0 Å². The number of halogens is 4. The normalized spacial score (nSPS) is 20.9. The first kappa shape index (κ1) is 13.2. The van der Waals surface area contributed by atoms with Crippen LogP contribution in [0.5, 0.6) is 0 Å². The van der Waals surface area contributed by atoms with Crippen molar-refractivity contribution in [2.75, 3.05) is 13.2 Å². The zero-order valence-electron chi connectivity index (χ0n) is 8.73. The molecule has 0 aromatic rings. The van der Waals surface area contributed by atoms with E-state index in [2.05, 4.69) is 0 Å². The van der Waals surface area contributed by atoms with Crippen LogP contribution in [0.25, 0.3) is 0 Å². The van der Waals surface area contributed by atoms with Crippen molar-refractivity contribution in [3.05, 3.63) is 0 Å². The summed E-state index contributed by atoms with van der Waals surface area (Å²) in [5, 5.41) is 1.97. The Morgan fingerprint density at radius 1 is 1.38 bits per heavy atom. The minimum absolute atomic E-state index is 0.316. The maximum absolute atomic E-state index is 12.7. The summed E-state index contributed by atoms with van der Waals surface area (Å²) in [6, 6.07) is 0. The summed E-state index contributed by atoms with van der Waals surface area (Å²) in [5.74, 6) is -6.56. The highest BCUT2D eigenvalue weighted by molar-refractivity contribution is 5.84. The minimum atomic E-state index is -4.64. The van der Waals surface area contributed by atoms with Crippen molar-refractivity contribution in [3.8, 4) is 0 Å². The standard InChI is InChI=1S/C9H13F4NO2/c1-8(2-4-16-5-3-8)14-7(15)9(12,13)6(10)11/h6H,2-5H2,1H3,(H,14,15). The third-order valence-electron chi connectivity index (χ3n) is 2.59. The fraction of sp³-hybridized carbons (Fsp3) is 0.889. The van der Waals surface area contributed by atoms with Gasteiger partial charge in [-0.05, 0) is 19.8 Å². The van der Waals surface area contributed by atoms with Crippen LogP contribution in [0.1, 0.15) is 19.8 Å². The van der Waals surface area contributed by atoms with E-state index in [0.29, 0.717) is 26.1 Å². The Hall–Kier alpha value is -0.850. The van der Waals surface area contributed by atoms with Crippen LogP contribution in [0.15, 0.2) is 0 Å². The number of rotatable bonds is 3. The summed E-state index contributed by atoms with van der Waals surface area (Å²) >= 11 is 0. The van der Waals surface area contributed by atoms with Crippen molar-refractivity contribution in [1.29, 1.82) is 0 Å². The molecule has 3 nitrogen and oxygen atoms in total. The van der Waals surface area contributed by atoms with Gasteiger partial charge >= 0.3 is 12.3 Å². The van der Waals surface area contributed by atoms with E-state index < -0.39 is 23.8 Å². The van der Waals surface area contributed by atoms with Crippen LogP contribution in [-0.4, -0.2) is 37.0 Å². The third-order valence-corrected chi connectivity index (χ3v) is 2.59. The molecule has 0 spiro atoms. The second-order valence-electron chi connectivity index (χ2n) is 4.05. The molecule has 1 aliphatic heterocycles. The lowest BCUT2D eigenvalue weighted by Gasteiger charge is -2.35. The first-order chi connectivity index (χ1) is 7.28. The van der Waals surface area contributed by atoms with Crippen molar-refractivity contribution in [2.45, 2.75) is 37.7 Å². The number of ether oxygens (including phenoxy) is 1. The van der Waals surface area contributed by atoms with Gasteiger partial charge in [-0.1, -0.05) is 0 Å². The largest absolute Gasteiger partial charge is 0.383 e. The summed E-state index contributed by atoms with van der Waals surface area (Å²) in [6.07, 6.45) is -3.33. The van der Waals surface area contributed by atoms with Gasteiger partial charge in [0.05, 0.1) is 0 Å². The number of nitrogens with one attached hydrogen (secondary N) is 1. The van der Waals surface area contributed by atoms with Crippen molar-refractivity contribution in [2.24, 2.45) is 0 Å². The smallest absolute Gasteiger partial charge is 0.381 e. The highest BCUT2D eigenvalue weighted by atomic mass is 19.3. The molecule has 0 aliphatic carbocycles. The van der Waals surface area contributed by atoms with Crippen LogP contribution in [0.4, 0.5) is 17.6 Å². The van der Waals surface area contributed by atoms with Crippen LogP contribution in [0.3, 0.4) is 0 Å². The predicted octanol–water partition coefficient (Wildman–Crippen LogP) is 1.57. The number of alkyl halides is 4. The molecule has 1 saturated heterocycles. The van der Waals surface area contributed by atoms with Gasteiger partial charge in [-0.15, -0.1) is 0 Å². The predicted molar refractivity (Wildman–Crippen MR) is 47.6 cm³/mol. The highest BCUT2D eigenvalue weighted by Crippen LogP contribution is 2.26. The Morgan fingerprint density at radius 2 is 1.88 bits per heavy atom. The molecule has 1 aliphatic rings. The topological polar surface area (TPSA) is 38.3 Å². The minimum Gasteiger partial charge on any atom is -0.381 e. The Balaban J connectivity index is 2.62. The Kier molecular flexibility index (Phi) is 3.77. The maximum atomic E-state index is 12.7. The first-order valence-electron chi connectivity index (χ1n) is 4.84. The summed E-state index contributed by atoms with van der Waals surface area (Å²) < 4.78 is 54.1. The van der Waals surface area contributed by atoms with E-state index in [9.17, 15) is 22.4 Å². The zero-order chi connectivity index (χ0) is 12.4. The SMILES string of the molecule is CC1(NC(=O)C(F)(F)C(F)F)CCOCC1. The molecular weight excluding hydrogens is 230 g/mol. The zero-order valence-corrected chi connectivity index (χ0v) is 8.73. The third kappa shape index (κ3) is 2.84. The number of hydrogen-bond donors (Lipinski definition) is 1. The fourth-order valence-corrected chi connectivity index (χ4v) is 1.40. The molecular formula is C9H13F4NO2. The average Bonchev–Trinajstić information content (AvgIpc) is 2.17. The van der Waals surface area contributed by atoms with Crippen LogP contribution in [0.2, 0.25) is 0 Å². The van der Waals surface area contributed by atoms with E-state index >= 15 is 0 Å². The van der Waals surface area contributed by atoms with Gasteiger partial charge in [-0.2, -0.15) is 8.78 Å². The maximum Gasteiger partial charge on any atom is 0.383 e. The molecule has 1 rings (SSSR count). The lowest BCUT2D eigenvalue weighted by atomic mass is 9.92. The van der Waals surface area contributed by atoms with Gasteiger partial charge in [0.25, 0.3) is 5.91 Å². The van der Waals surface area contributed by atoms with Gasteiger partial charge < -0.3 is 10.1 Å². The van der Waals surface area contributed by atoms with Gasteiger partial charge in [0.2, 0.25) is 0 Å². The van der Waals surface area contributed by atoms with Gasteiger partial charge in [0, 0.05) is 18.8 Å². The van der Waals surface area contributed by atoms with E-state index in [-0.39, 0.29) is 0 Å². The van der Waals surface area contributed by atoms with Gasteiger partial charge in [0.15, 0.2) is 0 Å². The fourth-order valence-electron chi connectivity index (χ4n) is 1.40. The highest BCUT2D eigenvalue weighted by Gasteiger charge is 2.50. The second kappa shape index (κ2) is 4.57. The molecule has 0 aromatic heterocycles. The average molecular weight is 243 g/mol. The number of carbonyl (C=O) groups excluding carboxylic acids is 1. The number of carbonyl (C=O) groups is 1.